The normalized spacial score (nSPS) is 28.4. The van der Waals surface area contributed by atoms with E-state index < -0.39 is 27.1 Å². The highest BCUT2D eigenvalue weighted by Crippen LogP contribution is 2.51. The molecule has 0 heterocycles. The number of rotatable bonds is 3. The molecule has 1 N–H and O–H groups in total. The molecule has 0 bridgehead atoms. The van der Waals surface area contributed by atoms with Crippen LogP contribution in [0.3, 0.4) is 0 Å². The first-order valence-corrected chi connectivity index (χ1v) is 6.42. The third-order valence-electron chi connectivity index (χ3n) is 2.96. The molecule has 5 heteroatoms. The van der Waals surface area contributed by atoms with Gasteiger partial charge >= 0.3 is 0 Å². The Hall–Kier alpha value is -1.38. The minimum Gasteiger partial charge on any atom is -0.395 e. The van der Waals surface area contributed by atoms with Crippen molar-refractivity contribution in [3.63, 3.8) is 0 Å². The Labute approximate surface area is 94.1 Å². The fourth-order valence-corrected chi connectivity index (χ4v) is 3.88. The quantitative estimate of drug-likeness (QED) is 0.840. The molecule has 0 radical (unpaired) electrons. The summed E-state index contributed by atoms with van der Waals surface area (Å²) in [6.45, 7) is -0.403. The standard InChI is InChI=1S/C11H11NO3S/c12-7-11(8-13)6-10(11)16(14,15)9-4-2-1-3-5-9/h1-5,10,13H,6,8H2/t10-,11-/m0/s1. The summed E-state index contributed by atoms with van der Waals surface area (Å²) in [5.74, 6) is 0. The maximum absolute atomic E-state index is 12.1. The van der Waals surface area contributed by atoms with Crippen LogP contribution in [0.2, 0.25) is 0 Å². The maximum atomic E-state index is 12.1. The van der Waals surface area contributed by atoms with E-state index in [1.807, 2.05) is 6.07 Å². The van der Waals surface area contributed by atoms with Crippen molar-refractivity contribution < 1.29 is 13.5 Å². The summed E-state index contributed by atoms with van der Waals surface area (Å²) in [6, 6.07) is 9.93. The first kappa shape index (κ1) is 11.1. The highest BCUT2D eigenvalue weighted by molar-refractivity contribution is 7.92. The molecule has 84 valence electrons. The topological polar surface area (TPSA) is 78.2 Å². The summed E-state index contributed by atoms with van der Waals surface area (Å²) in [5, 5.41) is 17.1. The van der Waals surface area contributed by atoms with Gasteiger partial charge in [-0.2, -0.15) is 5.26 Å². The molecule has 1 fully saturated rings. The van der Waals surface area contributed by atoms with E-state index in [2.05, 4.69) is 0 Å². The van der Waals surface area contributed by atoms with Gasteiger partial charge in [-0.15, -0.1) is 0 Å². The molecule has 16 heavy (non-hydrogen) atoms. The summed E-state index contributed by atoms with van der Waals surface area (Å²) < 4.78 is 24.1. The average molecular weight is 237 g/mol. The molecule has 1 aromatic rings. The Bertz CT molecular complexity index is 532. The predicted molar refractivity (Wildman–Crippen MR) is 57.2 cm³/mol. The fraction of sp³-hybridized carbons (Fsp3) is 0.364. The van der Waals surface area contributed by atoms with Crippen LogP contribution in [0.15, 0.2) is 35.2 Å². The van der Waals surface area contributed by atoms with Gasteiger partial charge in [-0.05, 0) is 18.6 Å². The van der Waals surface area contributed by atoms with Gasteiger partial charge in [0.05, 0.1) is 28.2 Å². The zero-order valence-electron chi connectivity index (χ0n) is 8.50. The van der Waals surface area contributed by atoms with Gasteiger partial charge in [-0.3, -0.25) is 0 Å². The molecule has 1 aliphatic rings. The molecule has 0 aliphatic heterocycles. The van der Waals surface area contributed by atoms with Gasteiger partial charge in [-0.1, -0.05) is 18.2 Å². The van der Waals surface area contributed by atoms with Crippen molar-refractivity contribution in [2.45, 2.75) is 16.6 Å². The lowest BCUT2D eigenvalue weighted by Gasteiger charge is -2.05. The Balaban J connectivity index is 2.35. The predicted octanol–water partition coefficient (Wildman–Crippen LogP) is 0.735. The van der Waals surface area contributed by atoms with Crippen molar-refractivity contribution in [1.29, 1.82) is 5.26 Å². The number of hydrogen-bond acceptors (Lipinski definition) is 4. The molecule has 0 unspecified atom stereocenters. The largest absolute Gasteiger partial charge is 0.395 e. The lowest BCUT2D eigenvalue weighted by Crippen LogP contribution is -2.18. The van der Waals surface area contributed by atoms with Crippen LogP contribution in [0, 0.1) is 16.7 Å². The highest BCUT2D eigenvalue weighted by atomic mass is 32.2. The lowest BCUT2D eigenvalue weighted by atomic mass is 10.2. The van der Waals surface area contributed by atoms with Crippen molar-refractivity contribution in [2.24, 2.45) is 5.41 Å². The number of aliphatic hydroxyl groups is 1. The van der Waals surface area contributed by atoms with Crippen molar-refractivity contribution in [3.8, 4) is 6.07 Å². The van der Waals surface area contributed by atoms with Gasteiger partial charge < -0.3 is 5.11 Å². The van der Waals surface area contributed by atoms with Crippen molar-refractivity contribution in [1.82, 2.24) is 0 Å². The Morgan fingerprint density at radius 2 is 2.06 bits per heavy atom. The van der Waals surface area contributed by atoms with Crippen molar-refractivity contribution >= 4 is 9.84 Å². The van der Waals surface area contributed by atoms with Crippen molar-refractivity contribution in [3.05, 3.63) is 30.3 Å². The third-order valence-corrected chi connectivity index (χ3v) is 5.25. The molecule has 0 spiro atoms. The molecule has 2 rings (SSSR count). The zero-order chi connectivity index (χ0) is 11.8. The molecule has 0 aromatic heterocycles. The van der Waals surface area contributed by atoms with Crippen LogP contribution >= 0.6 is 0 Å². The molecule has 0 saturated heterocycles. The number of aliphatic hydroxyl groups excluding tert-OH is 1. The summed E-state index contributed by atoms with van der Waals surface area (Å²) in [4.78, 5) is 0.213. The highest BCUT2D eigenvalue weighted by Gasteiger charge is 2.62. The van der Waals surface area contributed by atoms with Crippen LogP contribution in [-0.4, -0.2) is 25.4 Å². The molecule has 2 atom stereocenters. The summed E-state index contributed by atoms with van der Waals surface area (Å²) in [7, 11) is -3.48. The van der Waals surface area contributed by atoms with Gasteiger partial charge in [-0.25, -0.2) is 8.42 Å². The van der Waals surface area contributed by atoms with Crippen LogP contribution in [0.1, 0.15) is 6.42 Å². The van der Waals surface area contributed by atoms with E-state index in [9.17, 15) is 8.42 Å². The van der Waals surface area contributed by atoms with Crippen LogP contribution in [-0.2, 0) is 9.84 Å². The minimum atomic E-state index is -3.48. The monoisotopic (exact) mass is 237 g/mol. The van der Waals surface area contributed by atoms with E-state index in [4.69, 9.17) is 10.4 Å². The summed E-state index contributed by atoms with van der Waals surface area (Å²) in [6.07, 6.45) is 0.219. The fourth-order valence-electron chi connectivity index (χ4n) is 1.77. The van der Waals surface area contributed by atoms with Gasteiger partial charge in [0.15, 0.2) is 9.84 Å². The van der Waals surface area contributed by atoms with Crippen molar-refractivity contribution in [2.75, 3.05) is 6.61 Å². The molecular formula is C11H11NO3S. The molecular weight excluding hydrogens is 226 g/mol. The zero-order valence-corrected chi connectivity index (χ0v) is 9.31. The van der Waals surface area contributed by atoms with E-state index in [1.54, 1.807) is 18.2 Å². The van der Waals surface area contributed by atoms with Gasteiger partial charge in [0.25, 0.3) is 0 Å². The number of benzene rings is 1. The van der Waals surface area contributed by atoms with Gasteiger partial charge in [0.2, 0.25) is 0 Å². The second-order valence-electron chi connectivity index (χ2n) is 3.98. The van der Waals surface area contributed by atoms with Crippen LogP contribution in [0.4, 0.5) is 0 Å². The lowest BCUT2D eigenvalue weighted by molar-refractivity contribution is 0.246. The molecule has 4 nitrogen and oxygen atoms in total. The second kappa shape index (κ2) is 3.58. The van der Waals surface area contributed by atoms with Crippen LogP contribution in [0.5, 0.6) is 0 Å². The summed E-state index contributed by atoms with van der Waals surface area (Å²) in [5.41, 5.74) is -1.09. The van der Waals surface area contributed by atoms with Gasteiger partial charge in [0.1, 0.15) is 0 Å². The Morgan fingerprint density at radius 1 is 1.44 bits per heavy atom. The smallest absolute Gasteiger partial charge is 0.182 e. The Morgan fingerprint density at radius 3 is 2.50 bits per heavy atom. The van der Waals surface area contributed by atoms with E-state index in [1.165, 1.54) is 12.1 Å². The maximum Gasteiger partial charge on any atom is 0.182 e. The third kappa shape index (κ3) is 1.51. The van der Waals surface area contributed by atoms with E-state index in [-0.39, 0.29) is 11.3 Å². The number of nitriles is 1. The molecule has 1 aliphatic carbocycles. The summed E-state index contributed by atoms with van der Waals surface area (Å²) >= 11 is 0. The number of hydrogen-bond donors (Lipinski definition) is 1. The number of nitrogens with zero attached hydrogens (tertiary/aromatic N) is 1. The minimum absolute atomic E-state index is 0.213. The van der Waals surface area contributed by atoms with E-state index in [0.29, 0.717) is 0 Å². The first-order chi connectivity index (χ1) is 7.57. The second-order valence-corrected chi connectivity index (χ2v) is 6.11. The molecule has 0 amide bonds. The van der Waals surface area contributed by atoms with Gasteiger partial charge in [0, 0.05) is 0 Å². The number of sulfone groups is 1. The first-order valence-electron chi connectivity index (χ1n) is 4.88. The van der Waals surface area contributed by atoms with Crippen LogP contribution < -0.4 is 0 Å². The average Bonchev–Trinajstić information content (AvgIpc) is 3.06. The van der Waals surface area contributed by atoms with E-state index in [0.717, 1.165) is 0 Å². The SMILES string of the molecule is N#C[C@]1(CO)C[C@@H]1S(=O)(=O)c1ccccc1. The van der Waals surface area contributed by atoms with Crippen LogP contribution in [0.25, 0.3) is 0 Å². The Kier molecular flexibility index (Phi) is 2.49. The van der Waals surface area contributed by atoms with E-state index >= 15 is 0 Å². The molecule has 1 saturated carbocycles. The molecule has 1 aromatic carbocycles.